The number of nitrogens with zero attached hydrogens (tertiary/aromatic N) is 1. The van der Waals surface area contributed by atoms with Crippen LogP contribution in [0.3, 0.4) is 0 Å². The molecule has 1 saturated heterocycles. The van der Waals surface area contributed by atoms with E-state index in [-0.39, 0.29) is 5.41 Å². The number of para-hydroxylation sites is 1. The summed E-state index contributed by atoms with van der Waals surface area (Å²) in [5, 5.41) is 3.58. The maximum Gasteiger partial charge on any atom is 0.0404 e. The Bertz CT molecular complexity index is 431. The van der Waals surface area contributed by atoms with E-state index in [2.05, 4.69) is 69.1 Å². The normalized spacial score (nSPS) is 19.9. The van der Waals surface area contributed by atoms with Crippen molar-refractivity contribution in [3.05, 3.63) is 29.8 Å². The van der Waals surface area contributed by atoms with Crippen molar-refractivity contribution in [3.8, 4) is 0 Å². The molecule has 0 bridgehead atoms. The molecule has 1 atom stereocenters. The van der Waals surface area contributed by atoms with Crippen LogP contribution < -0.4 is 10.2 Å². The molecule has 2 nitrogen and oxygen atoms in total. The Morgan fingerprint density at radius 1 is 1.25 bits per heavy atom. The number of benzene rings is 1. The summed E-state index contributed by atoms with van der Waals surface area (Å²) in [7, 11) is 0. The predicted molar refractivity (Wildman–Crippen MR) is 88.6 cm³/mol. The molecule has 1 aromatic rings. The van der Waals surface area contributed by atoms with Crippen LogP contribution in [0.15, 0.2) is 24.3 Å². The zero-order valence-electron chi connectivity index (χ0n) is 13.7. The quantitative estimate of drug-likeness (QED) is 0.898. The van der Waals surface area contributed by atoms with E-state index in [4.69, 9.17) is 0 Å². The summed E-state index contributed by atoms with van der Waals surface area (Å²) in [5.41, 5.74) is 3.12. The fourth-order valence-corrected chi connectivity index (χ4v) is 3.00. The molecule has 0 amide bonds. The minimum atomic E-state index is 0.213. The fraction of sp³-hybridized carbons (Fsp3) is 0.667. The molecule has 2 rings (SSSR count). The molecule has 2 heteroatoms. The minimum Gasteiger partial charge on any atom is -0.371 e. The third-order valence-electron chi connectivity index (χ3n) is 4.15. The Kier molecular flexibility index (Phi) is 4.74. The highest BCUT2D eigenvalue weighted by Gasteiger charge is 2.26. The van der Waals surface area contributed by atoms with Crippen LogP contribution in [-0.4, -0.2) is 25.7 Å². The van der Waals surface area contributed by atoms with Gasteiger partial charge in [-0.05, 0) is 35.9 Å². The molecule has 0 saturated carbocycles. The Morgan fingerprint density at radius 3 is 2.60 bits per heavy atom. The lowest BCUT2D eigenvalue weighted by Crippen LogP contribution is -2.31. The van der Waals surface area contributed by atoms with Gasteiger partial charge in [0, 0.05) is 24.8 Å². The van der Waals surface area contributed by atoms with E-state index in [0.717, 1.165) is 12.5 Å². The Balaban J connectivity index is 2.07. The molecular formula is C18H30N2. The lowest BCUT2D eigenvalue weighted by molar-refractivity contribution is 0.480. The van der Waals surface area contributed by atoms with Crippen LogP contribution >= 0.6 is 0 Å². The molecule has 1 N–H and O–H groups in total. The summed E-state index contributed by atoms with van der Waals surface area (Å²) in [5.74, 6) is 0.783. The van der Waals surface area contributed by atoms with Gasteiger partial charge < -0.3 is 10.2 Å². The maximum absolute atomic E-state index is 3.58. The first-order valence-electron chi connectivity index (χ1n) is 7.96. The first-order chi connectivity index (χ1) is 9.38. The summed E-state index contributed by atoms with van der Waals surface area (Å²) in [6.45, 7) is 14.9. The molecule has 1 unspecified atom stereocenters. The van der Waals surface area contributed by atoms with Crippen molar-refractivity contribution >= 4 is 5.69 Å². The van der Waals surface area contributed by atoms with Crippen molar-refractivity contribution in [1.82, 2.24) is 5.32 Å². The number of nitrogens with one attached hydrogen (secondary N) is 1. The Labute approximate surface area is 124 Å². The second-order valence-electron chi connectivity index (χ2n) is 7.43. The van der Waals surface area contributed by atoms with Crippen molar-refractivity contribution in [1.29, 1.82) is 0 Å². The summed E-state index contributed by atoms with van der Waals surface area (Å²) in [4.78, 5) is 2.58. The highest BCUT2D eigenvalue weighted by molar-refractivity contribution is 5.57. The Morgan fingerprint density at radius 2 is 1.95 bits per heavy atom. The van der Waals surface area contributed by atoms with Gasteiger partial charge in [-0.15, -0.1) is 0 Å². The third-order valence-corrected chi connectivity index (χ3v) is 4.15. The lowest BCUT2D eigenvalue weighted by atomic mass is 9.85. The van der Waals surface area contributed by atoms with Gasteiger partial charge in [0.25, 0.3) is 0 Å². The van der Waals surface area contributed by atoms with E-state index in [1.165, 1.54) is 30.8 Å². The molecule has 1 heterocycles. The average Bonchev–Trinajstić information content (AvgIpc) is 2.84. The van der Waals surface area contributed by atoms with Crippen LogP contribution in [0.2, 0.25) is 0 Å². The van der Waals surface area contributed by atoms with Gasteiger partial charge in [0.2, 0.25) is 0 Å². The van der Waals surface area contributed by atoms with Crippen LogP contribution in [0, 0.1) is 5.92 Å². The van der Waals surface area contributed by atoms with Gasteiger partial charge >= 0.3 is 0 Å². The highest BCUT2D eigenvalue weighted by atomic mass is 15.2. The first kappa shape index (κ1) is 15.4. The highest BCUT2D eigenvalue weighted by Crippen LogP contribution is 2.34. The van der Waals surface area contributed by atoms with Crippen LogP contribution in [0.4, 0.5) is 5.69 Å². The molecule has 0 radical (unpaired) electrons. The fourth-order valence-electron chi connectivity index (χ4n) is 3.00. The van der Waals surface area contributed by atoms with Gasteiger partial charge in [0.15, 0.2) is 0 Å². The molecule has 0 spiro atoms. The lowest BCUT2D eigenvalue weighted by Gasteiger charge is -2.29. The zero-order chi connectivity index (χ0) is 14.8. The maximum atomic E-state index is 3.58. The van der Waals surface area contributed by atoms with Gasteiger partial charge in [-0.25, -0.2) is 0 Å². The molecule has 20 heavy (non-hydrogen) atoms. The van der Waals surface area contributed by atoms with Gasteiger partial charge in [-0.2, -0.15) is 0 Å². The van der Waals surface area contributed by atoms with Crippen molar-refractivity contribution in [2.45, 2.75) is 52.5 Å². The van der Waals surface area contributed by atoms with Crippen molar-refractivity contribution in [2.75, 3.05) is 24.5 Å². The molecule has 0 aliphatic carbocycles. The molecule has 1 fully saturated rings. The van der Waals surface area contributed by atoms with Gasteiger partial charge in [0.1, 0.15) is 0 Å². The van der Waals surface area contributed by atoms with Crippen LogP contribution in [0.1, 0.15) is 46.6 Å². The minimum absolute atomic E-state index is 0.213. The second-order valence-corrected chi connectivity index (χ2v) is 7.43. The number of hydrogen-bond donors (Lipinski definition) is 1. The smallest absolute Gasteiger partial charge is 0.0404 e. The summed E-state index contributed by atoms with van der Waals surface area (Å²) in [6, 6.07) is 9.50. The van der Waals surface area contributed by atoms with Crippen LogP contribution in [0.5, 0.6) is 0 Å². The number of anilines is 1. The molecule has 112 valence electrons. The van der Waals surface area contributed by atoms with E-state index < -0.39 is 0 Å². The van der Waals surface area contributed by atoms with Crippen molar-refractivity contribution in [2.24, 2.45) is 5.92 Å². The summed E-state index contributed by atoms with van der Waals surface area (Å²) in [6.07, 6.45) is 1.30. The standard InChI is InChI=1S/C18H30N2/c1-14(2)19-12-15-10-11-20(13-15)17-9-7-6-8-16(17)18(3,4)5/h6-9,14-15,19H,10-13H2,1-5H3. The monoisotopic (exact) mass is 274 g/mol. The van der Waals surface area contributed by atoms with Gasteiger partial charge in [-0.3, -0.25) is 0 Å². The van der Waals surface area contributed by atoms with E-state index in [0.29, 0.717) is 6.04 Å². The molecule has 1 aliphatic heterocycles. The molecule has 1 aromatic carbocycles. The number of rotatable bonds is 4. The Hall–Kier alpha value is -1.02. The third kappa shape index (κ3) is 3.76. The first-order valence-corrected chi connectivity index (χ1v) is 7.96. The van der Waals surface area contributed by atoms with Gasteiger partial charge in [0.05, 0.1) is 0 Å². The predicted octanol–water partition coefficient (Wildman–Crippen LogP) is 3.81. The van der Waals surface area contributed by atoms with E-state index >= 15 is 0 Å². The van der Waals surface area contributed by atoms with Crippen LogP contribution in [0.25, 0.3) is 0 Å². The molecule has 0 aromatic heterocycles. The van der Waals surface area contributed by atoms with E-state index in [9.17, 15) is 0 Å². The van der Waals surface area contributed by atoms with E-state index in [1.807, 2.05) is 0 Å². The molecule has 1 aliphatic rings. The van der Waals surface area contributed by atoms with Crippen molar-refractivity contribution < 1.29 is 0 Å². The largest absolute Gasteiger partial charge is 0.371 e. The molecular weight excluding hydrogens is 244 g/mol. The van der Waals surface area contributed by atoms with E-state index in [1.54, 1.807) is 0 Å². The summed E-state index contributed by atoms with van der Waals surface area (Å²) < 4.78 is 0. The van der Waals surface area contributed by atoms with Gasteiger partial charge in [-0.1, -0.05) is 52.8 Å². The zero-order valence-corrected chi connectivity index (χ0v) is 13.7. The number of hydrogen-bond acceptors (Lipinski definition) is 2. The summed E-state index contributed by atoms with van der Waals surface area (Å²) >= 11 is 0. The average molecular weight is 274 g/mol. The van der Waals surface area contributed by atoms with Crippen LogP contribution in [-0.2, 0) is 5.41 Å². The second kappa shape index (κ2) is 6.17. The SMILES string of the molecule is CC(C)NCC1CCN(c2ccccc2C(C)(C)C)C1. The van der Waals surface area contributed by atoms with Crippen molar-refractivity contribution in [3.63, 3.8) is 0 Å². The topological polar surface area (TPSA) is 15.3 Å².